The van der Waals surface area contributed by atoms with Gasteiger partial charge in [0, 0.05) is 146 Å². The summed E-state index contributed by atoms with van der Waals surface area (Å²) in [6.45, 7) is 15.5. The van der Waals surface area contributed by atoms with Gasteiger partial charge in [0.25, 0.3) is 5.91 Å². The number of aromatic amines is 1. The number of fused-ring (bicyclic) bond motifs is 1. The van der Waals surface area contributed by atoms with Crippen LogP contribution in [0.3, 0.4) is 0 Å². The highest BCUT2D eigenvalue weighted by Gasteiger charge is 2.41. The number of nitrogens with zero attached hydrogens (tertiary/aromatic N) is 9. The summed E-state index contributed by atoms with van der Waals surface area (Å²) in [4.78, 5) is 97.6. The molecule has 21 nitrogen and oxygen atoms in total. The fraction of sp³-hybridized carbons (Fsp3) is 0.580. The standard InChI is InChI=1S/C69H95ClN14O7/c1-3-91-60-42-57(90-2)19-16-54(60)43-72-44-61(85)84-27-8-13-55(46-84)52-11-7-12-53(41-52)66(87)77-63(51-9-5-4-6-10-51)67(88)83-29-21-49(22-30-83)45-79-33-35-80(36-34-79)47-62(86)81-39-37-78(38-40-81)28-23-59(50-14-17-56(70)18-15-50)76-68(89)69(71)24-31-82(32-25-69)65-58-20-26-73-64(58)74-48-75-65/h7,11-12,14-20,26,41-42,48-49,51,55,59,63,72H,3-6,8-10,13,21-25,27-40,43-47,71H2,1-2H3,(H,76,89)(H,77,87)(H,73,74,75)/t55?,59-,63+/m0/s1. The van der Waals surface area contributed by atoms with Gasteiger partial charge in [-0.2, -0.15) is 0 Å². The van der Waals surface area contributed by atoms with Crippen LogP contribution in [-0.2, 0) is 25.7 Å². The SMILES string of the molecule is CCOc1cc(OC)ccc1CNCC(=O)N1CCCC(c2cccc(C(=O)N[C@@H](C(=O)N3CCC(CN4CCN(CC(=O)N5CCN(CC[C@H](NC(=O)C6(N)CCN(c7ncnc8[nH]ccc78)CC6)c6ccc(Cl)cc6)CC5)CC4)CC3)C3CCCCC3)c2)C1. The molecule has 5 aliphatic heterocycles. The molecular weight excluding hydrogens is 1170 g/mol. The molecule has 6 N–H and O–H groups in total. The lowest BCUT2D eigenvalue weighted by Gasteiger charge is -2.41. The van der Waals surface area contributed by atoms with Gasteiger partial charge in [-0.3, -0.25) is 33.8 Å². The molecule has 490 valence electrons. The van der Waals surface area contributed by atoms with E-state index < -0.39 is 11.6 Å². The third-order valence-corrected chi connectivity index (χ3v) is 20.5. The van der Waals surface area contributed by atoms with Crippen LogP contribution in [0.15, 0.2) is 85.3 Å². The number of nitrogens with two attached hydrogens (primary N) is 1. The number of hydrogen-bond donors (Lipinski definition) is 5. The van der Waals surface area contributed by atoms with Gasteiger partial charge >= 0.3 is 0 Å². The Hall–Kier alpha value is -6.88. The van der Waals surface area contributed by atoms with E-state index in [0.717, 1.165) is 155 Å². The Morgan fingerprint density at radius 1 is 0.747 bits per heavy atom. The molecular formula is C69H95ClN14O7. The molecule has 7 heterocycles. The molecule has 2 aromatic heterocycles. The van der Waals surface area contributed by atoms with E-state index in [1.165, 1.54) is 0 Å². The summed E-state index contributed by atoms with van der Waals surface area (Å²) in [7, 11) is 1.63. The lowest BCUT2D eigenvalue weighted by molar-refractivity contribution is -0.137. The highest BCUT2D eigenvalue weighted by molar-refractivity contribution is 6.30. The van der Waals surface area contributed by atoms with Crippen LogP contribution >= 0.6 is 11.6 Å². The Labute approximate surface area is 541 Å². The molecule has 6 aliphatic rings. The first-order valence-corrected chi connectivity index (χ1v) is 34.0. The lowest BCUT2D eigenvalue weighted by Crippen LogP contribution is -2.60. The third kappa shape index (κ3) is 16.9. The topological polar surface area (TPSA) is 230 Å². The Bertz CT molecular complexity index is 3240. The van der Waals surface area contributed by atoms with E-state index in [0.29, 0.717) is 108 Å². The number of amides is 5. The number of carbonyl (C=O) groups is 5. The van der Waals surface area contributed by atoms with Crippen molar-refractivity contribution >= 4 is 58.0 Å². The Morgan fingerprint density at radius 3 is 2.24 bits per heavy atom. The average Bonchev–Trinajstić information content (AvgIpc) is 2.18. The van der Waals surface area contributed by atoms with Crippen molar-refractivity contribution < 1.29 is 33.4 Å². The minimum atomic E-state index is -1.02. The van der Waals surface area contributed by atoms with Crippen LogP contribution in [0, 0.1) is 11.8 Å². The van der Waals surface area contributed by atoms with Crippen molar-refractivity contribution in [2.45, 2.75) is 114 Å². The zero-order valence-corrected chi connectivity index (χ0v) is 54.2. The molecule has 91 heavy (non-hydrogen) atoms. The van der Waals surface area contributed by atoms with Crippen LogP contribution in [-0.4, -0.2) is 217 Å². The molecule has 1 aliphatic carbocycles. The molecule has 0 radical (unpaired) electrons. The molecule has 1 saturated carbocycles. The van der Waals surface area contributed by atoms with Gasteiger partial charge in [0.2, 0.25) is 23.6 Å². The van der Waals surface area contributed by atoms with Gasteiger partial charge in [-0.05, 0) is 124 Å². The van der Waals surface area contributed by atoms with E-state index in [9.17, 15) is 24.0 Å². The zero-order valence-electron chi connectivity index (χ0n) is 53.4. The summed E-state index contributed by atoms with van der Waals surface area (Å²) in [5.74, 6) is 2.87. The second kappa shape index (κ2) is 31.2. The number of aromatic nitrogens is 3. The van der Waals surface area contributed by atoms with Gasteiger partial charge in [0.15, 0.2) is 0 Å². The molecule has 5 amide bonds. The van der Waals surface area contributed by atoms with Crippen molar-refractivity contribution in [3.8, 4) is 11.5 Å². The predicted octanol–water partition coefficient (Wildman–Crippen LogP) is 6.44. The quantitative estimate of drug-likeness (QED) is 0.0474. The maximum atomic E-state index is 14.6. The molecule has 1 unspecified atom stereocenters. The highest BCUT2D eigenvalue weighted by Crippen LogP contribution is 2.33. The van der Waals surface area contributed by atoms with E-state index in [4.69, 9.17) is 26.8 Å². The summed E-state index contributed by atoms with van der Waals surface area (Å²) in [6, 6.07) is 22.4. The molecule has 5 saturated heterocycles. The number of benzene rings is 3. The number of H-pyrrole nitrogens is 1. The van der Waals surface area contributed by atoms with Gasteiger partial charge in [-0.25, -0.2) is 9.97 Å². The number of ether oxygens (including phenoxy) is 2. The van der Waals surface area contributed by atoms with Gasteiger partial charge in [-0.15, -0.1) is 0 Å². The average molecular weight is 1270 g/mol. The maximum Gasteiger partial charge on any atom is 0.251 e. The van der Waals surface area contributed by atoms with Crippen molar-refractivity contribution in [2.75, 3.05) is 136 Å². The monoisotopic (exact) mass is 1270 g/mol. The zero-order chi connectivity index (χ0) is 63.3. The van der Waals surface area contributed by atoms with Gasteiger partial charge in [-0.1, -0.05) is 61.2 Å². The Kier molecular flexibility index (Phi) is 22.5. The van der Waals surface area contributed by atoms with Gasteiger partial charge in [0.05, 0.1) is 43.8 Å². The van der Waals surface area contributed by atoms with E-state index in [2.05, 4.69) is 56.6 Å². The van der Waals surface area contributed by atoms with Crippen molar-refractivity contribution in [3.63, 3.8) is 0 Å². The van der Waals surface area contributed by atoms with Crippen LogP contribution in [0.1, 0.15) is 123 Å². The number of hydrogen-bond acceptors (Lipinski definition) is 15. The van der Waals surface area contributed by atoms with E-state index in [-0.39, 0.29) is 54.0 Å². The molecule has 6 fully saturated rings. The summed E-state index contributed by atoms with van der Waals surface area (Å²) in [5, 5.41) is 11.5. The lowest BCUT2D eigenvalue weighted by atomic mass is 9.82. The number of piperazine rings is 2. The highest BCUT2D eigenvalue weighted by atomic mass is 35.5. The van der Waals surface area contributed by atoms with Gasteiger partial charge < -0.3 is 60.6 Å². The van der Waals surface area contributed by atoms with Crippen LogP contribution < -0.4 is 36.1 Å². The maximum absolute atomic E-state index is 14.6. The smallest absolute Gasteiger partial charge is 0.251 e. The van der Waals surface area contributed by atoms with Crippen LogP contribution in [0.5, 0.6) is 11.5 Å². The van der Waals surface area contributed by atoms with E-state index in [1.54, 1.807) is 13.4 Å². The molecule has 22 heteroatoms. The fourth-order valence-electron chi connectivity index (χ4n) is 14.6. The number of halogens is 1. The number of likely N-dealkylation sites (tertiary alicyclic amines) is 2. The summed E-state index contributed by atoms with van der Waals surface area (Å²) in [6.07, 6.45) is 13.9. The van der Waals surface area contributed by atoms with Crippen molar-refractivity contribution in [2.24, 2.45) is 17.6 Å². The number of rotatable bonds is 23. The third-order valence-electron chi connectivity index (χ3n) is 20.3. The first-order valence-electron chi connectivity index (χ1n) is 33.6. The second-order valence-corrected chi connectivity index (χ2v) is 26.6. The number of nitrogens with one attached hydrogen (secondary N) is 4. The van der Waals surface area contributed by atoms with Crippen LogP contribution in [0.4, 0.5) is 5.82 Å². The molecule has 0 bridgehead atoms. The molecule has 5 aromatic rings. The summed E-state index contributed by atoms with van der Waals surface area (Å²) in [5.41, 5.74) is 10.2. The van der Waals surface area contributed by atoms with Crippen LogP contribution in [0.2, 0.25) is 5.02 Å². The Balaban J connectivity index is 0.592. The molecule has 3 atom stereocenters. The van der Waals surface area contributed by atoms with Crippen molar-refractivity contribution in [3.05, 3.63) is 113 Å². The first kappa shape index (κ1) is 65.6. The first-order chi connectivity index (χ1) is 44.3. The minimum absolute atomic E-state index is 0.0435. The van der Waals surface area contributed by atoms with E-state index in [1.807, 2.05) is 94.6 Å². The number of anilines is 1. The van der Waals surface area contributed by atoms with Gasteiger partial charge in [0.1, 0.15) is 35.3 Å². The largest absolute Gasteiger partial charge is 0.497 e. The van der Waals surface area contributed by atoms with Crippen molar-refractivity contribution in [1.29, 1.82) is 0 Å². The second-order valence-electron chi connectivity index (χ2n) is 26.2. The molecule has 11 rings (SSSR count). The van der Waals surface area contributed by atoms with E-state index >= 15 is 0 Å². The van der Waals surface area contributed by atoms with Crippen molar-refractivity contribution in [1.82, 2.24) is 60.3 Å². The minimum Gasteiger partial charge on any atom is -0.497 e. The summed E-state index contributed by atoms with van der Waals surface area (Å²) < 4.78 is 11.2. The predicted molar refractivity (Wildman–Crippen MR) is 353 cm³/mol. The number of carbonyl (C=O) groups excluding carboxylic acids is 5. The normalized spacial score (nSPS) is 20.7. The fourth-order valence-corrected chi connectivity index (χ4v) is 14.7. The number of piperidine rings is 3. The van der Waals surface area contributed by atoms with Crippen LogP contribution in [0.25, 0.3) is 11.0 Å². The molecule has 0 spiro atoms. The molecule has 3 aromatic carbocycles. The number of methoxy groups -OCH3 is 1. The summed E-state index contributed by atoms with van der Waals surface area (Å²) >= 11 is 6.31. The Morgan fingerprint density at radius 2 is 1.49 bits per heavy atom.